The molecule has 0 atom stereocenters. The van der Waals surface area contributed by atoms with Gasteiger partial charge in [-0.25, -0.2) is 9.18 Å². The zero-order valence-electron chi connectivity index (χ0n) is 13.0. The third-order valence-electron chi connectivity index (χ3n) is 3.34. The summed E-state index contributed by atoms with van der Waals surface area (Å²) >= 11 is 1.30. The quantitative estimate of drug-likeness (QED) is 0.579. The average Bonchev–Trinajstić information content (AvgIpc) is 3.05. The van der Waals surface area contributed by atoms with Gasteiger partial charge in [0.05, 0.1) is 10.6 Å². The summed E-state index contributed by atoms with van der Waals surface area (Å²) in [6.45, 7) is 0. The number of carbonyl (C=O) groups is 1. The van der Waals surface area contributed by atoms with E-state index in [1.807, 2.05) is 12.1 Å². The molecule has 3 aromatic rings. The lowest BCUT2D eigenvalue weighted by Crippen LogP contribution is -2.19. The number of thiophene rings is 1. The molecule has 2 heterocycles. The number of nitrogens with zero attached hydrogens (tertiary/aromatic N) is 1. The highest BCUT2D eigenvalue weighted by Crippen LogP contribution is 2.33. The van der Waals surface area contributed by atoms with Gasteiger partial charge < -0.3 is 5.32 Å². The molecule has 2 N–H and O–H groups in total. The molecule has 26 heavy (non-hydrogen) atoms. The standard InChI is InChI=1S/C17H11F4N3OS/c18-13-2-1-11(9-12(13)17(19,20)21)23-16(25)24-15-4-3-14(26-15)10-5-7-22-8-6-10/h1-9H,(H2,23,24,25). The Morgan fingerprint density at radius 3 is 2.42 bits per heavy atom. The zero-order chi connectivity index (χ0) is 18.7. The topological polar surface area (TPSA) is 54.0 Å². The molecule has 0 aliphatic carbocycles. The van der Waals surface area contributed by atoms with Crippen molar-refractivity contribution in [1.82, 2.24) is 4.98 Å². The minimum Gasteiger partial charge on any atom is -0.308 e. The molecule has 2 amide bonds. The summed E-state index contributed by atoms with van der Waals surface area (Å²) in [6, 6.07) is 8.63. The highest BCUT2D eigenvalue weighted by molar-refractivity contribution is 7.19. The van der Waals surface area contributed by atoms with Crippen LogP contribution in [0.4, 0.5) is 33.0 Å². The predicted molar refractivity (Wildman–Crippen MR) is 91.6 cm³/mol. The van der Waals surface area contributed by atoms with Crippen LogP contribution in [0.3, 0.4) is 0 Å². The van der Waals surface area contributed by atoms with Crippen molar-refractivity contribution < 1.29 is 22.4 Å². The zero-order valence-corrected chi connectivity index (χ0v) is 13.8. The van der Waals surface area contributed by atoms with Crippen LogP contribution < -0.4 is 10.6 Å². The second kappa shape index (κ2) is 7.12. The number of hydrogen-bond acceptors (Lipinski definition) is 3. The molecule has 0 bridgehead atoms. The van der Waals surface area contributed by atoms with Gasteiger partial charge in [-0.2, -0.15) is 13.2 Å². The van der Waals surface area contributed by atoms with Crippen LogP contribution in [0.15, 0.2) is 54.9 Å². The summed E-state index contributed by atoms with van der Waals surface area (Å²) in [7, 11) is 0. The smallest absolute Gasteiger partial charge is 0.308 e. The van der Waals surface area contributed by atoms with Gasteiger partial charge in [0.15, 0.2) is 0 Å². The van der Waals surface area contributed by atoms with Crippen LogP contribution in [0.2, 0.25) is 0 Å². The Morgan fingerprint density at radius 1 is 1.00 bits per heavy atom. The highest BCUT2D eigenvalue weighted by Gasteiger charge is 2.34. The molecule has 4 nitrogen and oxygen atoms in total. The molecule has 0 unspecified atom stereocenters. The number of benzene rings is 1. The molecule has 3 rings (SSSR count). The van der Waals surface area contributed by atoms with Crippen LogP contribution in [0, 0.1) is 5.82 Å². The molecule has 0 aliphatic heterocycles. The van der Waals surface area contributed by atoms with Crippen LogP contribution in [0.1, 0.15) is 5.56 Å². The van der Waals surface area contributed by atoms with E-state index in [0.29, 0.717) is 17.1 Å². The molecule has 0 aliphatic rings. The highest BCUT2D eigenvalue weighted by atomic mass is 32.1. The monoisotopic (exact) mass is 381 g/mol. The lowest BCUT2D eigenvalue weighted by Gasteiger charge is -2.11. The molecule has 0 fully saturated rings. The van der Waals surface area contributed by atoms with Crippen molar-refractivity contribution in [1.29, 1.82) is 0 Å². The second-order valence-electron chi connectivity index (χ2n) is 5.17. The van der Waals surface area contributed by atoms with E-state index >= 15 is 0 Å². The number of carbonyl (C=O) groups excluding carboxylic acids is 1. The summed E-state index contributed by atoms with van der Waals surface area (Å²) in [4.78, 5) is 16.8. The fraction of sp³-hybridized carbons (Fsp3) is 0.0588. The molecule has 0 saturated carbocycles. The Morgan fingerprint density at radius 2 is 1.73 bits per heavy atom. The first-order valence-electron chi connectivity index (χ1n) is 7.28. The van der Waals surface area contributed by atoms with Crippen molar-refractivity contribution in [2.24, 2.45) is 0 Å². The van der Waals surface area contributed by atoms with Gasteiger partial charge in [-0.15, -0.1) is 11.3 Å². The van der Waals surface area contributed by atoms with Gasteiger partial charge in [0.2, 0.25) is 0 Å². The van der Waals surface area contributed by atoms with Crippen molar-refractivity contribution in [3.05, 3.63) is 66.2 Å². The van der Waals surface area contributed by atoms with E-state index in [1.165, 1.54) is 11.3 Å². The van der Waals surface area contributed by atoms with Gasteiger partial charge in [-0.3, -0.25) is 10.3 Å². The Balaban J connectivity index is 1.69. The molecule has 134 valence electrons. The van der Waals surface area contributed by atoms with Crippen molar-refractivity contribution in [2.45, 2.75) is 6.18 Å². The first-order valence-corrected chi connectivity index (χ1v) is 8.09. The van der Waals surface area contributed by atoms with Gasteiger partial charge in [0.1, 0.15) is 5.82 Å². The van der Waals surface area contributed by atoms with E-state index in [0.717, 1.165) is 16.5 Å². The summed E-state index contributed by atoms with van der Waals surface area (Å²) < 4.78 is 51.4. The minimum absolute atomic E-state index is 0.165. The number of amides is 2. The first kappa shape index (κ1) is 17.9. The minimum atomic E-state index is -4.84. The number of pyridine rings is 1. The van der Waals surface area contributed by atoms with E-state index in [9.17, 15) is 22.4 Å². The van der Waals surface area contributed by atoms with E-state index in [2.05, 4.69) is 15.6 Å². The number of aromatic nitrogens is 1. The maximum atomic E-state index is 13.3. The SMILES string of the molecule is O=C(Nc1ccc(F)c(C(F)(F)F)c1)Nc1ccc(-c2ccncc2)s1. The third-order valence-corrected chi connectivity index (χ3v) is 4.39. The largest absolute Gasteiger partial charge is 0.419 e. The van der Waals surface area contributed by atoms with Crippen molar-refractivity contribution in [3.63, 3.8) is 0 Å². The van der Waals surface area contributed by atoms with Crippen LogP contribution in [0.25, 0.3) is 10.4 Å². The number of halogens is 4. The van der Waals surface area contributed by atoms with Crippen LogP contribution >= 0.6 is 11.3 Å². The summed E-state index contributed by atoms with van der Waals surface area (Å²) in [5.74, 6) is -1.40. The van der Waals surface area contributed by atoms with Gasteiger partial charge in [0.25, 0.3) is 0 Å². The number of anilines is 2. The molecule has 1 aromatic carbocycles. The molecular formula is C17H11F4N3OS. The van der Waals surface area contributed by atoms with Gasteiger partial charge in [-0.05, 0) is 48.0 Å². The Labute approximate surface area is 149 Å². The lowest BCUT2D eigenvalue weighted by molar-refractivity contribution is -0.139. The molecule has 0 radical (unpaired) electrons. The molecule has 0 spiro atoms. The van der Waals surface area contributed by atoms with Crippen LogP contribution in [-0.2, 0) is 6.18 Å². The number of hydrogen-bond donors (Lipinski definition) is 2. The summed E-state index contributed by atoms with van der Waals surface area (Å²) in [5, 5.41) is 5.30. The number of nitrogens with one attached hydrogen (secondary N) is 2. The summed E-state index contributed by atoms with van der Waals surface area (Å²) in [5.41, 5.74) is -0.680. The molecule has 9 heteroatoms. The summed E-state index contributed by atoms with van der Waals surface area (Å²) in [6.07, 6.45) is -1.56. The van der Waals surface area contributed by atoms with Crippen molar-refractivity contribution in [2.75, 3.05) is 10.6 Å². The average molecular weight is 381 g/mol. The first-order chi connectivity index (χ1) is 12.3. The van der Waals surface area contributed by atoms with Gasteiger partial charge in [0, 0.05) is 23.0 Å². The predicted octanol–water partition coefficient (Wildman–Crippen LogP) is 5.61. The van der Waals surface area contributed by atoms with Gasteiger partial charge in [-0.1, -0.05) is 0 Å². The molecular weight excluding hydrogens is 370 g/mol. The van der Waals surface area contributed by atoms with E-state index in [1.54, 1.807) is 24.5 Å². The Hall–Kier alpha value is -2.94. The van der Waals surface area contributed by atoms with Crippen molar-refractivity contribution in [3.8, 4) is 10.4 Å². The number of urea groups is 1. The Kier molecular flexibility index (Phi) is 4.90. The van der Waals surface area contributed by atoms with E-state index < -0.39 is 23.6 Å². The Bertz CT molecular complexity index is 925. The second-order valence-corrected chi connectivity index (χ2v) is 6.26. The lowest BCUT2D eigenvalue weighted by atomic mass is 10.2. The number of alkyl halides is 3. The maximum Gasteiger partial charge on any atom is 0.419 e. The van der Waals surface area contributed by atoms with Gasteiger partial charge >= 0.3 is 12.2 Å². The fourth-order valence-corrected chi connectivity index (χ4v) is 3.08. The van der Waals surface area contributed by atoms with Crippen LogP contribution in [-0.4, -0.2) is 11.0 Å². The third kappa shape index (κ3) is 4.17. The maximum absolute atomic E-state index is 13.3. The van der Waals surface area contributed by atoms with Crippen molar-refractivity contribution >= 4 is 28.1 Å². The fourth-order valence-electron chi connectivity index (χ4n) is 2.17. The molecule has 0 saturated heterocycles. The number of rotatable bonds is 3. The van der Waals surface area contributed by atoms with E-state index in [4.69, 9.17) is 0 Å². The van der Waals surface area contributed by atoms with E-state index in [-0.39, 0.29) is 5.69 Å². The molecule has 2 aromatic heterocycles. The normalized spacial score (nSPS) is 11.2. The van der Waals surface area contributed by atoms with Crippen LogP contribution in [0.5, 0.6) is 0 Å².